The number of ether oxygens (including phenoxy) is 2. The highest BCUT2D eigenvalue weighted by molar-refractivity contribution is 7.17. The average Bonchev–Trinajstić information content (AvgIpc) is 3.07. The molecule has 2 aromatic rings. The highest BCUT2D eigenvalue weighted by Gasteiger charge is 2.28. The van der Waals surface area contributed by atoms with E-state index >= 15 is 0 Å². The SMILES string of the molecule is COC(=O)c1c(NC(=O)COC(=O)/C=C/c2ccccc2)sc2c1CC[C@H](C)C2. The van der Waals surface area contributed by atoms with E-state index in [9.17, 15) is 14.4 Å². The van der Waals surface area contributed by atoms with E-state index in [-0.39, 0.29) is 0 Å². The third-order valence-electron chi connectivity index (χ3n) is 4.71. The molecule has 0 saturated carbocycles. The Morgan fingerprint density at radius 3 is 2.72 bits per heavy atom. The van der Waals surface area contributed by atoms with Crippen LogP contribution >= 0.6 is 11.3 Å². The first-order chi connectivity index (χ1) is 14.0. The number of hydrogen-bond acceptors (Lipinski definition) is 6. The molecule has 152 valence electrons. The lowest BCUT2D eigenvalue weighted by Gasteiger charge is -2.18. The predicted octanol–water partition coefficient (Wildman–Crippen LogP) is 3.85. The third-order valence-corrected chi connectivity index (χ3v) is 5.88. The van der Waals surface area contributed by atoms with E-state index in [0.29, 0.717) is 16.5 Å². The molecule has 1 N–H and O–H groups in total. The van der Waals surface area contributed by atoms with Gasteiger partial charge >= 0.3 is 11.9 Å². The maximum Gasteiger partial charge on any atom is 0.341 e. The van der Waals surface area contributed by atoms with Crippen molar-refractivity contribution in [1.29, 1.82) is 0 Å². The van der Waals surface area contributed by atoms with Crippen LogP contribution < -0.4 is 5.32 Å². The van der Waals surface area contributed by atoms with Crippen LogP contribution in [0.15, 0.2) is 36.4 Å². The van der Waals surface area contributed by atoms with Gasteiger partial charge < -0.3 is 14.8 Å². The van der Waals surface area contributed by atoms with Crippen LogP contribution in [0.4, 0.5) is 5.00 Å². The Morgan fingerprint density at radius 1 is 1.24 bits per heavy atom. The van der Waals surface area contributed by atoms with Crippen LogP contribution in [0.5, 0.6) is 0 Å². The molecule has 7 heteroatoms. The normalized spacial score (nSPS) is 15.6. The van der Waals surface area contributed by atoms with Crippen LogP contribution in [-0.4, -0.2) is 31.6 Å². The number of esters is 2. The van der Waals surface area contributed by atoms with Gasteiger partial charge in [-0.1, -0.05) is 37.3 Å². The number of thiophene rings is 1. The van der Waals surface area contributed by atoms with Gasteiger partial charge in [0.25, 0.3) is 5.91 Å². The summed E-state index contributed by atoms with van der Waals surface area (Å²) in [5.41, 5.74) is 2.23. The van der Waals surface area contributed by atoms with Crippen molar-refractivity contribution in [3.8, 4) is 0 Å². The molecule has 1 atom stereocenters. The number of benzene rings is 1. The molecule has 29 heavy (non-hydrogen) atoms. The second-order valence-corrected chi connectivity index (χ2v) is 8.05. The Balaban J connectivity index is 1.62. The second kappa shape index (κ2) is 9.52. The Kier molecular flexibility index (Phi) is 6.82. The van der Waals surface area contributed by atoms with Crippen LogP contribution in [0.25, 0.3) is 6.08 Å². The van der Waals surface area contributed by atoms with Crippen molar-refractivity contribution in [2.75, 3.05) is 19.0 Å². The van der Waals surface area contributed by atoms with E-state index in [4.69, 9.17) is 9.47 Å². The minimum Gasteiger partial charge on any atom is -0.465 e. The first-order valence-electron chi connectivity index (χ1n) is 9.40. The molecular formula is C22H23NO5S. The number of carbonyl (C=O) groups excluding carboxylic acids is 3. The maximum atomic E-state index is 12.3. The minimum atomic E-state index is -0.614. The summed E-state index contributed by atoms with van der Waals surface area (Å²) < 4.78 is 9.90. The van der Waals surface area contributed by atoms with Gasteiger partial charge in [-0.25, -0.2) is 9.59 Å². The first kappa shape index (κ1) is 20.8. The smallest absolute Gasteiger partial charge is 0.341 e. The Labute approximate surface area is 173 Å². The molecule has 1 aromatic heterocycles. The standard InChI is InChI=1S/C22H23NO5S/c1-14-8-10-16-17(12-14)29-21(20(16)22(26)27-2)23-18(24)13-28-19(25)11-9-15-6-4-3-5-7-15/h3-7,9,11,14H,8,10,12-13H2,1-2H3,(H,23,24)/b11-9+/t14-/m0/s1. The number of fused-ring (bicyclic) bond motifs is 1. The molecule has 0 saturated heterocycles. The predicted molar refractivity (Wildman–Crippen MR) is 112 cm³/mol. The third kappa shape index (κ3) is 5.32. The lowest BCUT2D eigenvalue weighted by atomic mass is 9.88. The molecule has 1 heterocycles. The van der Waals surface area contributed by atoms with Crippen LogP contribution in [0.3, 0.4) is 0 Å². The lowest BCUT2D eigenvalue weighted by molar-refractivity contribution is -0.142. The molecule has 1 amide bonds. The van der Waals surface area contributed by atoms with Gasteiger partial charge in [0, 0.05) is 11.0 Å². The zero-order valence-corrected chi connectivity index (χ0v) is 17.2. The quantitative estimate of drug-likeness (QED) is 0.575. The Morgan fingerprint density at radius 2 is 2.00 bits per heavy atom. The monoisotopic (exact) mass is 413 g/mol. The molecule has 0 aliphatic heterocycles. The van der Waals surface area contributed by atoms with Crippen LogP contribution in [0, 0.1) is 5.92 Å². The molecule has 0 bridgehead atoms. The number of anilines is 1. The molecule has 0 fully saturated rings. The van der Waals surface area contributed by atoms with E-state index in [1.54, 1.807) is 6.08 Å². The molecule has 6 nitrogen and oxygen atoms in total. The van der Waals surface area contributed by atoms with Crippen molar-refractivity contribution in [3.63, 3.8) is 0 Å². The van der Waals surface area contributed by atoms with E-state index < -0.39 is 24.5 Å². The van der Waals surface area contributed by atoms with Crippen molar-refractivity contribution in [2.45, 2.75) is 26.2 Å². The van der Waals surface area contributed by atoms with Gasteiger partial charge in [-0.15, -0.1) is 11.3 Å². The van der Waals surface area contributed by atoms with Crippen LogP contribution in [0.2, 0.25) is 0 Å². The summed E-state index contributed by atoms with van der Waals surface area (Å²) in [6.07, 6.45) is 5.54. The number of methoxy groups -OCH3 is 1. The zero-order chi connectivity index (χ0) is 20.8. The number of hydrogen-bond donors (Lipinski definition) is 1. The summed E-state index contributed by atoms with van der Waals surface area (Å²) in [5.74, 6) is -1.04. The molecule has 3 rings (SSSR count). The van der Waals surface area contributed by atoms with E-state index in [1.165, 1.54) is 24.5 Å². The van der Waals surface area contributed by atoms with Gasteiger partial charge in [0.15, 0.2) is 6.61 Å². The Bertz CT molecular complexity index is 932. The van der Waals surface area contributed by atoms with Crippen molar-refractivity contribution < 1.29 is 23.9 Å². The van der Waals surface area contributed by atoms with Gasteiger partial charge in [0.1, 0.15) is 5.00 Å². The Hall–Kier alpha value is -2.93. The molecule has 1 aliphatic rings. The summed E-state index contributed by atoms with van der Waals surface area (Å²) in [7, 11) is 1.32. The van der Waals surface area contributed by atoms with Gasteiger partial charge in [-0.05, 0) is 42.4 Å². The molecule has 0 radical (unpaired) electrons. The fourth-order valence-corrected chi connectivity index (χ4v) is 4.65. The number of nitrogens with one attached hydrogen (secondary N) is 1. The van der Waals surface area contributed by atoms with Gasteiger partial charge in [0.2, 0.25) is 0 Å². The van der Waals surface area contributed by atoms with Crippen molar-refractivity contribution in [1.82, 2.24) is 0 Å². The molecular weight excluding hydrogens is 390 g/mol. The highest BCUT2D eigenvalue weighted by atomic mass is 32.1. The summed E-state index contributed by atoms with van der Waals surface area (Å²) in [6, 6.07) is 9.30. The van der Waals surface area contributed by atoms with E-state index in [0.717, 1.165) is 35.3 Å². The van der Waals surface area contributed by atoms with E-state index in [2.05, 4.69) is 12.2 Å². The van der Waals surface area contributed by atoms with Gasteiger partial charge in [-0.2, -0.15) is 0 Å². The maximum absolute atomic E-state index is 12.3. The summed E-state index contributed by atoms with van der Waals surface area (Å²) in [4.78, 5) is 37.5. The fourth-order valence-electron chi connectivity index (χ4n) is 3.23. The topological polar surface area (TPSA) is 81.7 Å². The van der Waals surface area contributed by atoms with Crippen LogP contribution in [-0.2, 0) is 31.9 Å². The van der Waals surface area contributed by atoms with Crippen molar-refractivity contribution >= 4 is 40.3 Å². The number of amides is 1. The van der Waals surface area contributed by atoms with Gasteiger partial charge in [0.05, 0.1) is 12.7 Å². The molecule has 1 aromatic carbocycles. The lowest BCUT2D eigenvalue weighted by Crippen LogP contribution is -2.21. The zero-order valence-electron chi connectivity index (χ0n) is 16.4. The number of rotatable bonds is 6. The van der Waals surface area contributed by atoms with E-state index in [1.807, 2.05) is 30.3 Å². The van der Waals surface area contributed by atoms with Crippen molar-refractivity contribution in [2.24, 2.45) is 5.92 Å². The molecule has 0 unspecified atom stereocenters. The summed E-state index contributed by atoms with van der Waals surface area (Å²) >= 11 is 1.39. The van der Waals surface area contributed by atoms with Gasteiger partial charge in [-0.3, -0.25) is 4.79 Å². The summed E-state index contributed by atoms with van der Waals surface area (Å²) in [5, 5.41) is 3.16. The highest BCUT2D eigenvalue weighted by Crippen LogP contribution is 2.39. The van der Waals surface area contributed by atoms with Crippen molar-refractivity contribution in [3.05, 3.63) is 58.0 Å². The minimum absolute atomic E-state index is 0.419. The fraction of sp³-hybridized carbons (Fsp3) is 0.318. The average molecular weight is 413 g/mol. The number of carbonyl (C=O) groups is 3. The molecule has 0 spiro atoms. The van der Waals surface area contributed by atoms with Crippen LogP contribution in [0.1, 0.15) is 39.7 Å². The first-order valence-corrected chi connectivity index (χ1v) is 10.2. The summed E-state index contributed by atoms with van der Waals surface area (Å²) in [6.45, 7) is 1.73. The molecule has 1 aliphatic carbocycles. The second-order valence-electron chi connectivity index (χ2n) is 6.95. The largest absolute Gasteiger partial charge is 0.465 e.